The van der Waals surface area contributed by atoms with Crippen LogP contribution in [0.4, 0.5) is 14.6 Å². The Morgan fingerprint density at radius 1 is 1.16 bits per heavy atom. The molecule has 1 atom stereocenters. The highest BCUT2D eigenvalue weighted by Crippen LogP contribution is 2.39. The lowest BCUT2D eigenvalue weighted by molar-refractivity contribution is -0.114. The Morgan fingerprint density at radius 2 is 1.94 bits per heavy atom. The number of halogens is 2. The van der Waals surface area contributed by atoms with Crippen LogP contribution in [0.2, 0.25) is 0 Å². The predicted octanol–water partition coefficient (Wildman–Crippen LogP) is 4.64. The molecule has 0 aromatic carbocycles. The Kier molecular flexibility index (Phi) is 5.43. The Labute approximate surface area is 176 Å². The maximum Gasteiger partial charge on any atom is 0.280 e. The number of aromatic nitrogens is 4. The van der Waals surface area contributed by atoms with Crippen LogP contribution in [0.3, 0.4) is 0 Å². The summed E-state index contributed by atoms with van der Waals surface area (Å²) in [4.78, 5) is 27.4. The van der Waals surface area contributed by atoms with E-state index in [0.717, 1.165) is 0 Å². The molecule has 1 amide bonds. The third-order valence-corrected chi connectivity index (χ3v) is 4.77. The van der Waals surface area contributed by atoms with Crippen LogP contribution >= 0.6 is 0 Å². The van der Waals surface area contributed by atoms with Crippen molar-refractivity contribution >= 4 is 22.8 Å². The van der Waals surface area contributed by atoms with Crippen molar-refractivity contribution in [3.8, 4) is 22.5 Å². The average Bonchev–Trinajstić information content (AvgIpc) is 3.13. The summed E-state index contributed by atoms with van der Waals surface area (Å²) in [5.41, 5.74) is 3.36. The van der Waals surface area contributed by atoms with Crippen LogP contribution < -0.4 is 5.32 Å². The van der Waals surface area contributed by atoms with Gasteiger partial charge in [0.25, 0.3) is 6.43 Å². The summed E-state index contributed by atoms with van der Waals surface area (Å²) in [5.74, 6) is 0.0680. The van der Waals surface area contributed by atoms with Gasteiger partial charge in [0, 0.05) is 30.4 Å². The smallest absolute Gasteiger partial charge is 0.280 e. The molecule has 4 aromatic heterocycles. The molecule has 4 heterocycles. The minimum atomic E-state index is -2.72. The van der Waals surface area contributed by atoms with E-state index in [9.17, 15) is 18.7 Å². The Hall–Kier alpha value is -3.72. The van der Waals surface area contributed by atoms with Crippen molar-refractivity contribution in [1.29, 1.82) is 0 Å². The van der Waals surface area contributed by atoms with Crippen molar-refractivity contribution in [3.63, 3.8) is 0 Å². The first kappa shape index (κ1) is 20.5. The van der Waals surface area contributed by atoms with E-state index in [1.165, 1.54) is 25.3 Å². The van der Waals surface area contributed by atoms with Crippen LogP contribution in [-0.4, -0.2) is 30.9 Å². The van der Waals surface area contributed by atoms with E-state index in [0.29, 0.717) is 44.9 Å². The van der Waals surface area contributed by atoms with Crippen LogP contribution in [0.1, 0.15) is 37.6 Å². The van der Waals surface area contributed by atoms with Crippen molar-refractivity contribution in [2.45, 2.75) is 26.4 Å². The molecule has 0 aliphatic rings. The lowest BCUT2D eigenvalue weighted by atomic mass is 10.0. The molecule has 0 saturated heterocycles. The van der Waals surface area contributed by atoms with Crippen LogP contribution in [0.15, 0.2) is 48.8 Å². The minimum absolute atomic E-state index is 0.272. The molecule has 7 nitrogen and oxygen atoms in total. The summed E-state index contributed by atoms with van der Waals surface area (Å²) in [5, 5.41) is 12.8. The number of aliphatic hydroxyl groups is 1. The molecule has 9 heteroatoms. The molecule has 31 heavy (non-hydrogen) atoms. The van der Waals surface area contributed by atoms with E-state index in [-0.39, 0.29) is 11.6 Å². The molecule has 0 aliphatic heterocycles. The van der Waals surface area contributed by atoms with Gasteiger partial charge in [-0.25, -0.2) is 18.7 Å². The fraction of sp³-hybridized carbons (Fsp3) is 0.182. The van der Waals surface area contributed by atoms with Crippen molar-refractivity contribution in [2.75, 3.05) is 5.32 Å². The van der Waals surface area contributed by atoms with Crippen LogP contribution in [-0.2, 0) is 4.79 Å². The van der Waals surface area contributed by atoms with Gasteiger partial charge in [-0.3, -0.25) is 9.78 Å². The van der Waals surface area contributed by atoms with Crippen LogP contribution in [0.25, 0.3) is 33.5 Å². The fourth-order valence-corrected chi connectivity index (χ4v) is 3.46. The van der Waals surface area contributed by atoms with Gasteiger partial charge < -0.3 is 15.4 Å². The molecule has 0 bridgehead atoms. The molecule has 0 saturated carbocycles. The number of anilines is 1. The number of carbonyl (C=O) groups excluding carboxylic acids is 1. The Morgan fingerprint density at radius 3 is 2.65 bits per heavy atom. The molecule has 0 unspecified atom stereocenters. The topological polar surface area (TPSA) is 104 Å². The van der Waals surface area contributed by atoms with Gasteiger partial charge in [0.15, 0.2) is 0 Å². The fourth-order valence-electron chi connectivity index (χ4n) is 3.46. The maximum absolute atomic E-state index is 13.3. The molecule has 4 rings (SSSR count). The number of aromatic amines is 1. The summed E-state index contributed by atoms with van der Waals surface area (Å²) >= 11 is 0. The summed E-state index contributed by atoms with van der Waals surface area (Å²) in [6, 6.07) is 9.48. The number of nitrogens with zero attached hydrogens (tertiary/aromatic N) is 3. The zero-order valence-corrected chi connectivity index (χ0v) is 16.7. The maximum atomic E-state index is 13.3. The second-order valence-corrected chi connectivity index (χ2v) is 7.03. The monoisotopic (exact) mass is 423 g/mol. The summed E-state index contributed by atoms with van der Waals surface area (Å²) < 4.78 is 26.6. The molecule has 4 aromatic rings. The average molecular weight is 423 g/mol. The number of fused-ring (bicyclic) bond motifs is 1. The molecular formula is C22H19F2N5O2. The normalized spacial score (nSPS) is 12.3. The van der Waals surface area contributed by atoms with Gasteiger partial charge in [-0.15, -0.1) is 0 Å². The lowest BCUT2D eigenvalue weighted by Gasteiger charge is -2.08. The largest absolute Gasteiger partial charge is 0.389 e. The van der Waals surface area contributed by atoms with Crippen LogP contribution in [0.5, 0.6) is 0 Å². The van der Waals surface area contributed by atoms with Gasteiger partial charge in [0.1, 0.15) is 11.5 Å². The van der Waals surface area contributed by atoms with E-state index in [1.54, 1.807) is 37.4 Å². The number of rotatable bonds is 5. The standard InChI is InChI=1S/C22H19F2N5O2/c1-11(30)14-7-9-26-21-18(15-4-3-5-16(28-15)22(23)24)19(29-20(14)21)13-6-8-25-17(10-13)27-12(2)31/h3-11,22,29-30H,1-2H3,(H,25,27,31)/t11-/m1/s1. The Balaban J connectivity index is 2.01. The van der Waals surface area contributed by atoms with Crippen molar-refractivity contribution < 1.29 is 18.7 Å². The highest BCUT2D eigenvalue weighted by Gasteiger charge is 2.22. The summed E-state index contributed by atoms with van der Waals surface area (Å²) in [7, 11) is 0. The first-order chi connectivity index (χ1) is 14.8. The third-order valence-electron chi connectivity index (χ3n) is 4.77. The second kappa shape index (κ2) is 8.19. The van der Waals surface area contributed by atoms with Gasteiger partial charge in [-0.05, 0) is 37.3 Å². The van der Waals surface area contributed by atoms with Gasteiger partial charge in [-0.1, -0.05) is 6.07 Å². The first-order valence-electron chi connectivity index (χ1n) is 9.53. The molecule has 0 aliphatic carbocycles. The number of aliphatic hydroxyl groups excluding tert-OH is 1. The predicted molar refractivity (Wildman–Crippen MR) is 112 cm³/mol. The zero-order chi connectivity index (χ0) is 22.1. The van der Waals surface area contributed by atoms with Crippen molar-refractivity contribution in [1.82, 2.24) is 19.9 Å². The van der Waals surface area contributed by atoms with E-state index >= 15 is 0 Å². The van der Waals surface area contributed by atoms with Gasteiger partial charge in [-0.2, -0.15) is 0 Å². The number of pyridine rings is 3. The van der Waals surface area contributed by atoms with Crippen molar-refractivity contribution in [2.24, 2.45) is 0 Å². The highest BCUT2D eigenvalue weighted by atomic mass is 19.3. The minimum Gasteiger partial charge on any atom is -0.389 e. The number of hydrogen-bond donors (Lipinski definition) is 3. The number of alkyl halides is 2. The zero-order valence-electron chi connectivity index (χ0n) is 16.7. The van der Waals surface area contributed by atoms with E-state index in [1.807, 2.05) is 0 Å². The number of amides is 1. The number of hydrogen-bond acceptors (Lipinski definition) is 5. The molecular weight excluding hydrogens is 404 g/mol. The molecule has 0 spiro atoms. The van der Waals surface area contributed by atoms with E-state index < -0.39 is 12.5 Å². The Bertz CT molecular complexity index is 1270. The quantitative estimate of drug-likeness (QED) is 0.434. The second-order valence-electron chi connectivity index (χ2n) is 7.03. The lowest BCUT2D eigenvalue weighted by Crippen LogP contribution is -2.07. The summed E-state index contributed by atoms with van der Waals surface area (Å²) in [6.45, 7) is 3.01. The molecule has 158 valence electrons. The highest BCUT2D eigenvalue weighted by molar-refractivity contribution is 6.02. The molecule has 3 N–H and O–H groups in total. The van der Waals surface area contributed by atoms with Crippen LogP contribution in [0, 0.1) is 0 Å². The third kappa shape index (κ3) is 3.99. The SMILES string of the molecule is CC(=O)Nc1cc(-c2[nH]c3c([C@@H](C)O)ccnc3c2-c2cccc(C(F)F)n2)ccn1. The van der Waals surface area contributed by atoms with E-state index in [4.69, 9.17) is 0 Å². The van der Waals surface area contributed by atoms with Crippen molar-refractivity contribution in [3.05, 3.63) is 60.0 Å². The van der Waals surface area contributed by atoms with E-state index in [2.05, 4.69) is 25.3 Å². The molecule has 0 fully saturated rings. The van der Waals surface area contributed by atoms with Gasteiger partial charge >= 0.3 is 0 Å². The molecule has 0 radical (unpaired) electrons. The number of H-pyrrole nitrogens is 1. The summed E-state index contributed by atoms with van der Waals surface area (Å²) in [6.07, 6.45) is -0.417. The number of nitrogens with one attached hydrogen (secondary N) is 2. The number of carbonyl (C=O) groups is 1. The van der Waals surface area contributed by atoms with Gasteiger partial charge in [0.05, 0.1) is 34.1 Å². The first-order valence-corrected chi connectivity index (χ1v) is 9.53. The van der Waals surface area contributed by atoms with Gasteiger partial charge in [0.2, 0.25) is 5.91 Å².